The van der Waals surface area contributed by atoms with E-state index in [4.69, 9.17) is 14.2 Å². The van der Waals surface area contributed by atoms with Crippen molar-refractivity contribution < 1.29 is 63.4 Å². The Morgan fingerprint density at radius 1 is 0.609 bits per heavy atom. The van der Waals surface area contributed by atoms with Crippen molar-refractivity contribution in [1.82, 2.24) is 26.6 Å². The average molecular weight is 956 g/mol. The SMILES string of the molecule is CCC(NC(=O)C(CCCCNC(=O)OC(C)(C)C)NC(=O)OCc1ccccc1)C(=O)NC(CO)C(O)C(O)C(O)C(=O)NC(CC(=O)OC(c1ccccc1)c1ccccc1)c1ccccc1. The number of unbranched alkanes of at least 4 members (excludes halogenated alkanes) is 1. The highest BCUT2D eigenvalue weighted by Crippen LogP contribution is 2.28. The summed E-state index contributed by atoms with van der Waals surface area (Å²) >= 11 is 0. The zero-order valence-electron chi connectivity index (χ0n) is 39.3. The second kappa shape index (κ2) is 27.8. The van der Waals surface area contributed by atoms with Crippen LogP contribution in [0.25, 0.3) is 0 Å². The van der Waals surface area contributed by atoms with E-state index < -0.39 is 103 Å². The molecule has 0 radical (unpaired) electrons. The highest BCUT2D eigenvalue weighted by molar-refractivity contribution is 5.91. The van der Waals surface area contributed by atoms with E-state index in [1.807, 2.05) is 60.7 Å². The maximum Gasteiger partial charge on any atom is 0.408 e. The molecule has 0 saturated heterocycles. The van der Waals surface area contributed by atoms with Gasteiger partial charge in [-0.2, -0.15) is 0 Å². The van der Waals surface area contributed by atoms with E-state index in [2.05, 4.69) is 26.6 Å². The molecule has 0 aliphatic rings. The third-order valence-electron chi connectivity index (χ3n) is 10.7. The summed E-state index contributed by atoms with van der Waals surface area (Å²) in [6.45, 7) is 5.90. The van der Waals surface area contributed by atoms with E-state index >= 15 is 0 Å². The molecule has 4 aromatic carbocycles. The van der Waals surface area contributed by atoms with Crippen molar-refractivity contribution in [1.29, 1.82) is 0 Å². The summed E-state index contributed by atoms with van der Waals surface area (Å²) < 4.78 is 16.5. The first-order chi connectivity index (χ1) is 33.0. The Bertz CT molecular complexity index is 2180. The molecule has 9 N–H and O–H groups in total. The minimum atomic E-state index is -2.33. The van der Waals surface area contributed by atoms with Crippen LogP contribution in [0.5, 0.6) is 0 Å². The van der Waals surface area contributed by atoms with Crippen molar-refractivity contribution in [3.05, 3.63) is 144 Å². The van der Waals surface area contributed by atoms with Gasteiger partial charge in [0.15, 0.2) is 12.2 Å². The normalized spacial score (nSPS) is 14.3. The minimum absolute atomic E-state index is 0.00879. The Hall–Kier alpha value is -6.86. The van der Waals surface area contributed by atoms with Crippen LogP contribution in [-0.2, 0) is 40.0 Å². The summed E-state index contributed by atoms with van der Waals surface area (Å²) in [7, 11) is 0. The molecule has 372 valence electrons. The molecule has 0 saturated carbocycles. The third-order valence-corrected chi connectivity index (χ3v) is 10.7. The topological polar surface area (TPSA) is 271 Å². The first-order valence-electron chi connectivity index (χ1n) is 22.8. The number of aliphatic hydroxyl groups excluding tert-OH is 4. The molecule has 7 atom stereocenters. The van der Waals surface area contributed by atoms with Crippen molar-refractivity contribution in [3.8, 4) is 0 Å². The van der Waals surface area contributed by atoms with Crippen LogP contribution in [0, 0.1) is 0 Å². The first-order valence-corrected chi connectivity index (χ1v) is 22.8. The smallest absolute Gasteiger partial charge is 0.408 e. The molecule has 18 heteroatoms. The number of carbonyl (C=O) groups is 6. The molecule has 0 aromatic heterocycles. The monoisotopic (exact) mass is 955 g/mol. The number of hydrogen-bond donors (Lipinski definition) is 9. The lowest BCUT2D eigenvalue weighted by Crippen LogP contribution is -2.60. The number of hydrogen-bond acceptors (Lipinski definition) is 13. The molecule has 4 rings (SSSR count). The van der Waals surface area contributed by atoms with Crippen LogP contribution in [-0.4, -0.2) is 111 Å². The maximum atomic E-state index is 13.7. The van der Waals surface area contributed by atoms with Crippen LogP contribution < -0.4 is 26.6 Å². The van der Waals surface area contributed by atoms with Crippen molar-refractivity contribution in [2.24, 2.45) is 0 Å². The predicted octanol–water partition coefficient (Wildman–Crippen LogP) is 4.01. The lowest BCUT2D eigenvalue weighted by molar-refractivity contribution is -0.149. The Labute approximate surface area is 402 Å². The molecule has 18 nitrogen and oxygen atoms in total. The van der Waals surface area contributed by atoms with E-state index in [-0.39, 0.29) is 26.0 Å². The van der Waals surface area contributed by atoms with E-state index in [1.165, 1.54) is 0 Å². The molecule has 0 spiro atoms. The first kappa shape index (κ1) is 54.7. The Morgan fingerprint density at radius 2 is 1.14 bits per heavy atom. The summed E-state index contributed by atoms with van der Waals surface area (Å²) in [5, 5.41) is 56.1. The molecular weight excluding hydrogens is 891 g/mol. The van der Waals surface area contributed by atoms with Crippen LogP contribution in [0.1, 0.15) is 94.2 Å². The van der Waals surface area contributed by atoms with Gasteiger partial charge in [0.05, 0.1) is 25.1 Å². The number of esters is 1. The number of carbonyl (C=O) groups excluding carboxylic acids is 6. The zero-order valence-corrected chi connectivity index (χ0v) is 39.3. The maximum absolute atomic E-state index is 13.7. The van der Waals surface area contributed by atoms with Gasteiger partial charge in [0, 0.05) is 6.54 Å². The molecule has 4 aromatic rings. The van der Waals surface area contributed by atoms with Gasteiger partial charge in [-0.3, -0.25) is 19.2 Å². The molecule has 0 aliphatic carbocycles. The van der Waals surface area contributed by atoms with Crippen LogP contribution >= 0.6 is 0 Å². The van der Waals surface area contributed by atoms with Crippen molar-refractivity contribution >= 4 is 35.9 Å². The van der Waals surface area contributed by atoms with Crippen molar-refractivity contribution in [2.45, 2.75) is 121 Å². The minimum Gasteiger partial charge on any atom is -0.452 e. The quantitative estimate of drug-likeness (QED) is 0.0259. The number of rotatable bonds is 25. The molecule has 0 aliphatic heterocycles. The number of ether oxygens (including phenoxy) is 3. The summed E-state index contributed by atoms with van der Waals surface area (Å²) in [6, 6.07) is 30.1. The van der Waals surface area contributed by atoms with Gasteiger partial charge in [0.25, 0.3) is 5.91 Å². The Morgan fingerprint density at radius 3 is 1.68 bits per heavy atom. The van der Waals surface area contributed by atoms with Gasteiger partial charge in [0.2, 0.25) is 11.8 Å². The van der Waals surface area contributed by atoms with E-state index in [9.17, 15) is 49.2 Å². The largest absolute Gasteiger partial charge is 0.452 e. The summed E-state index contributed by atoms with van der Waals surface area (Å²) in [5.41, 5.74) is 1.88. The van der Waals surface area contributed by atoms with Crippen LogP contribution in [0.4, 0.5) is 9.59 Å². The van der Waals surface area contributed by atoms with Crippen LogP contribution in [0.15, 0.2) is 121 Å². The highest BCUT2D eigenvalue weighted by atomic mass is 16.6. The molecule has 0 bridgehead atoms. The lowest BCUT2D eigenvalue weighted by atomic mass is 9.98. The van der Waals surface area contributed by atoms with Gasteiger partial charge in [0.1, 0.15) is 36.5 Å². The molecule has 0 fully saturated rings. The molecule has 7 unspecified atom stereocenters. The second-order valence-corrected chi connectivity index (χ2v) is 17.2. The van der Waals surface area contributed by atoms with E-state index in [0.29, 0.717) is 35.1 Å². The second-order valence-electron chi connectivity index (χ2n) is 17.2. The predicted molar refractivity (Wildman–Crippen MR) is 254 cm³/mol. The fourth-order valence-electron chi connectivity index (χ4n) is 7.01. The number of aliphatic hydroxyl groups is 4. The molecule has 5 amide bonds. The highest BCUT2D eigenvalue weighted by Gasteiger charge is 2.38. The Balaban J connectivity index is 1.38. The summed E-state index contributed by atoms with van der Waals surface area (Å²) in [6.07, 6.45) is -8.64. The molecule has 0 heterocycles. The number of amides is 5. The van der Waals surface area contributed by atoms with Gasteiger partial charge < -0.3 is 61.2 Å². The van der Waals surface area contributed by atoms with Crippen LogP contribution in [0.2, 0.25) is 0 Å². The van der Waals surface area contributed by atoms with E-state index in [0.717, 1.165) is 0 Å². The lowest BCUT2D eigenvalue weighted by Gasteiger charge is -2.31. The number of benzene rings is 4. The fourth-order valence-corrected chi connectivity index (χ4v) is 7.01. The van der Waals surface area contributed by atoms with Gasteiger partial charge in [-0.1, -0.05) is 128 Å². The molecular formula is C51H65N5O13. The standard InChI is InChI=1S/C51H65N5O13/c1-5-37(53-47(63)38(28-18-19-29-52-49(65)69-51(2,3)4)56-50(66)67-32-33-20-10-6-11-21-33)46(62)55-40(31-57)42(59)43(60)44(61)48(64)54-39(34-22-12-7-13-23-34)30-41(58)68-45(35-24-14-8-15-25-35)36-26-16-9-17-27-36/h6-17,20-27,37-40,42-45,57,59-61H,5,18-19,28-32H2,1-4H3,(H,52,65)(H,53,63)(H,54,64)(H,55,62)(H,56,66). The van der Waals surface area contributed by atoms with Gasteiger partial charge in [-0.15, -0.1) is 0 Å². The van der Waals surface area contributed by atoms with Gasteiger partial charge in [-0.05, 0) is 68.7 Å². The number of alkyl carbamates (subject to hydrolysis) is 2. The summed E-state index contributed by atoms with van der Waals surface area (Å²) in [5.74, 6) is -3.56. The number of nitrogens with one attached hydrogen (secondary N) is 5. The Kier molecular flexibility index (Phi) is 22.1. The van der Waals surface area contributed by atoms with Gasteiger partial charge >= 0.3 is 18.2 Å². The van der Waals surface area contributed by atoms with Crippen LogP contribution in [0.3, 0.4) is 0 Å². The summed E-state index contributed by atoms with van der Waals surface area (Å²) in [4.78, 5) is 79.3. The fraction of sp³-hybridized carbons (Fsp3) is 0.412. The average Bonchev–Trinajstić information content (AvgIpc) is 3.34. The third kappa shape index (κ3) is 18.6. The van der Waals surface area contributed by atoms with Gasteiger partial charge in [-0.25, -0.2) is 9.59 Å². The van der Waals surface area contributed by atoms with Crippen molar-refractivity contribution in [2.75, 3.05) is 13.2 Å². The molecule has 69 heavy (non-hydrogen) atoms. The van der Waals surface area contributed by atoms with E-state index in [1.54, 1.807) is 88.4 Å². The zero-order chi connectivity index (χ0) is 50.3. The van der Waals surface area contributed by atoms with Crippen molar-refractivity contribution in [3.63, 3.8) is 0 Å².